The number of hydrogen-bond donors (Lipinski definition) is 0. The fourth-order valence-corrected chi connectivity index (χ4v) is 3.16. The van der Waals surface area contributed by atoms with E-state index in [9.17, 15) is 4.57 Å². The number of rotatable bonds is 10. The lowest BCUT2D eigenvalue weighted by atomic mass is 10.2. The highest BCUT2D eigenvalue weighted by Gasteiger charge is 1.99. The molecule has 0 heterocycles. The molecule has 14 heavy (non-hydrogen) atoms. The Morgan fingerprint density at radius 3 is 1.50 bits per heavy atom. The monoisotopic (exact) mass is 218 g/mol. The molecule has 0 aliphatic heterocycles. The van der Waals surface area contributed by atoms with Gasteiger partial charge in [0.05, 0.1) is 7.80 Å². The van der Waals surface area contributed by atoms with Gasteiger partial charge in [0.15, 0.2) is 0 Å². The van der Waals surface area contributed by atoms with E-state index in [1.54, 1.807) is 0 Å². The van der Waals surface area contributed by atoms with E-state index in [1.165, 1.54) is 51.4 Å². The molecule has 0 aliphatic rings. The Balaban J connectivity index is 3.11. The SMILES string of the molecule is CCCCCC[PH](=O)CCCCCC. The van der Waals surface area contributed by atoms with Crippen molar-refractivity contribution in [2.75, 3.05) is 12.3 Å². The molecule has 0 saturated carbocycles. The van der Waals surface area contributed by atoms with E-state index >= 15 is 0 Å². The molecule has 0 saturated heterocycles. The summed E-state index contributed by atoms with van der Waals surface area (Å²) in [6.07, 6.45) is 12.1. The van der Waals surface area contributed by atoms with Gasteiger partial charge in [0.25, 0.3) is 0 Å². The van der Waals surface area contributed by atoms with Gasteiger partial charge in [-0.3, -0.25) is 0 Å². The molecular formula is C12H27OP. The van der Waals surface area contributed by atoms with Crippen molar-refractivity contribution < 1.29 is 4.57 Å². The highest BCUT2D eigenvalue weighted by atomic mass is 31.1. The Kier molecular flexibility index (Phi) is 11.5. The second-order valence-corrected chi connectivity index (χ2v) is 6.24. The minimum atomic E-state index is -1.20. The van der Waals surface area contributed by atoms with Crippen LogP contribution in [-0.2, 0) is 4.57 Å². The molecular weight excluding hydrogens is 191 g/mol. The molecule has 2 heteroatoms. The number of hydrogen-bond acceptors (Lipinski definition) is 1. The van der Waals surface area contributed by atoms with Gasteiger partial charge in [-0.05, 0) is 25.2 Å². The molecule has 86 valence electrons. The van der Waals surface area contributed by atoms with E-state index in [1.807, 2.05) is 0 Å². The summed E-state index contributed by atoms with van der Waals surface area (Å²) in [6, 6.07) is 0. The van der Waals surface area contributed by atoms with E-state index in [0.717, 1.165) is 12.3 Å². The average Bonchev–Trinajstić information content (AvgIpc) is 2.19. The molecule has 0 atom stereocenters. The smallest absolute Gasteiger partial charge is 0.0762 e. The molecule has 0 amide bonds. The van der Waals surface area contributed by atoms with Crippen LogP contribution in [0.3, 0.4) is 0 Å². The van der Waals surface area contributed by atoms with Gasteiger partial charge in [-0.1, -0.05) is 52.4 Å². The molecule has 0 aromatic carbocycles. The summed E-state index contributed by atoms with van der Waals surface area (Å²) in [5, 5.41) is 0. The Hall–Kier alpha value is 0.230. The molecule has 0 N–H and O–H groups in total. The fourth-order valence-electron chi connectivity index (χ4n) is 1.62. The maximum atomic E-state index is 11.6. The average molecular weight is 218 g/mol. The number of unbranched alkanes of at least 4 members (excludes halogenated alkanes) is 6. The zero-order chi connectivity index (χ0) is 10.6. The highest BCUT2D eigenvalue weighted by Crippen LogP contribution is 2.24. The second-order valence-electron chi connectivity index (χ2n) is 4.16. The maximum Gasteiger partial charge on any atom is 0.0762 e. The van der Waals surface area contributed by atoms with Gasteiger partial charge in [-0.2, -0.15) is 0 Å². The van der Waals surface area contributed by atoms with Crippen molar-refractivity contribution in [1.29, 1.82) is 0 Å². The van der Waals surface area contributed by atoms with E-state index in [0.29, 0.717) is 0 Å². The van der Waals surface area contributed by atoms with Crippen molar-refractivity contribution in [3.8, 4) is 0 Å². The summed E-state index contributed by atoms with van der Waals surface area (Å²) in [5.74, 6) is 0. The zero-order valence-corrected chi connectivity index (χ0v) is 11.0. The minimum Gasteiger partial charge on any atom is -0.327 e. The van der Waals surface area contributed by atoms with Crippen molar-refractivity contribution >= 4 is 7.80 Å². The lowest BCUT2D eigenvalue weighted by Gasteiger charge is -2.01. The Morgan fingerprint density at radius 2 is 1.14 bits per heavy atom. The summed E-state index contributed by atoms with van der Waals surface area (Å²) in [7, 11) is -1.20. The standard InChI is InChI=1S/C12H27OP/c1-3-5-7-9-11-14(13)12-10-8-6-4-2/h14H,3-12H2,1-2H3. The van der Waals surface area contributed by atoms with Crippen LogP contribution >= 0.6 is 7.80 Å². The molecule has 0 aliphatic carbocycles. The summed E-state index contributed by atoms with van der Waals surface area (Å²) in [5.41, 5.74) is 0. The largest absolute Gasteiger partial charge is 0.327 e. The normalized spacial score (nSPS) is 11.1. The summed E-state index contributed by atoms with van der Waals surface area (Å²) >= 11 is 0. The Bertz CT molecular complexity index is 120. The van der Waals surface area contributed by atoms with E-state index in [2.05, 4.69) is 13.8 Å². The highest BCUT2D eigenvalue weighted by molar-refractivity contribution is 7.44. The summed E-state index contributed by atoms with van der Waals surface area (Å²) in [4.78, 5) is 0. The third kappa shape index (κ3) is 10.3. The molecule has 0 spiro atoms. The third-order valence-corrected chi connectivity index (χ3v) is 4.44. The van der Waals surface area contributed by atoms with Gasteiger partial charge in [0.2, 0.25) is 0 Å². The van der Waals surface area contributed by atoms with Crippen LogP contribution in [0.1, 0.15) is 65.2 Å². The predicted molar refractivity (Wildman–Crippen MR) is 67.0 cm³/mol. The van der Waals surface area contributed by atoms with Gasteiger partial charge >= 0.3 is 0 Å². The van der Waals surface area contributed by atoms with Crippen LogP contribution in [0, 0.1) is 0 Å². The summed E-state index contributed by atoms with van der Waals surface area (Å²) in [6.45, 7) is 4.43. The fraction of sp³-hybridized carbons (Fsp3) is 1.00. The topological polar surface area (TPSA) is 17.1 Å². The van der Waals surface area contributed by atoms with Gasteiger partial charge in [0, 0.05) is 0 Å². The molecule has 0 bridgehead atoms. The maximum absolute atomic E-state index is 11.6. The molecule has 0 aromatic rings. The van der Waals surface area contributed by atoms with Crippen LogP contribution in [0.15, 0.2) is 0 Å². The van der Waals surface area contributed by atoms with Gasteiger partial charge in [0.1, 0.15) is 0 Å². The minimum absolute atomic E-state index is 1.01. The van der Waals surface area contributed by atoms with Gasteiger partial charge in [-0.15, -0.1) is 0 Å². The molecule has 0 unspecified atom stereocenters. The molecule has 0 rings (SSSR count). The van der Waals surface area contributed by atoms with Crippen LogP contribution in [0.2, 0.25) is 0 Å². The predicted octanol–water partition coefficient (Wildman–Crippen LogP) is 4.71. The molecule has 0 aromatic heterocycles. The van der Waals surface area contributed by atoms with E-state index < -0.39 is 7.80 Å². The van der Waals surface area contributed by atoms with Gasteiger partial charge in [-0.25, -0.2) is 0 Å². The van der Waals surface area contributed by atoms with Crippen molar-refractivity contribution in [2.45, 2.75) is 65.2 Å². The Morgan fingerprint density at radius 1 is 0.714 bits per heavy atom. The lowest BCUT2D eigenvalue weighted by Crippen LogP contribution is -1.86. The third-order valence-electron chi connectivity index (χ3n) is 2.62. The quantitative estimate of drug-likeness (QED) is 0.383. The van der Waals surface area contributed by atoms with Crippen molar-refractivity contribution in [3.05, 3.63) is 0 Å². The van der Waals surface area contributed by atoms with Crippen molar-refractivity contribution in [1.82, 2.24) is 0 Å². The van der Waals surface area contributed by atoms with Crippen LogP contribution in [0.5, 0.6) is 0 Å². The molecule has 1 nitrogen and oxygen atoms in total. The zero-order valence-electron chi connectivity index (χ0n) is 9.98. The van der Waals surface area contributed by atoms with E-state index in [-0.39, 0.29) is 0 Å². The Labute approximate surface area is 90.5 Å². The van der Waals surface area contributed by atoms with Crippen LogP contribution in [0.25, 0.3) is 0 Å². The molecule has 0 radical (unpaired) electrons. The van der Waals surface area contributed by atoms with Gasteiger partial charge < -0.3 is 4.57 Å². The summed E-state index contributed by atoms with van der Waals surface area (Å²) < 4.78 is 11.6. The van der Waals surface area contributed by atoms with Crippen LogP contribution in [-0.4, -0.2) is 12.3 Å². The first-order valence-electron chi connectivity index (χ1n) is 6.33. The first kappa shape index (κ1) is 14.2. The first-order chi connectivity index (χ1) is 6.81. The second kappa shape index (κ2) is 11.3. The van der Waals surface area contributed by atoms with Crippen molar-refractivity contribution in [2.24, 2.45) is 0 Å². The molecule has 0 fully saturated rings. The lowest BCUT2D eigenvalue weighted by molar-refractivity contribution is 0.579. The first-order valence-corrected chi connectivity index (χ1v) is 8.15. The van der Waals surface area contributed by atoms with Crippen LogP contribution < -0.4 is 0 Å². The van der Waals surface area contributed by atoms with Crippen molar-refractivity contribution in [3.63, 3.8) is 0 Å². The van der Waals surface area contributed by atoms with E-state index in [4.69, 9.17) is 0 Å². The van der Waals surface area contributed by atoms with Crippen LogP contribution in [0.4, 0.5) is 0 Å².